The molecule has 1 unspecified atom stereocenters. The van der Waals surface area contributed by atoms with Crippen LogP contribution in [-0.2, 0) is 4.74 Å². The smallest absolute Gasteiger partial charge is 0.0647 e. The molecule has 1 rings (SSSR count). The van der Waals surface area contributed by atoms with E-state index >= 15 is 0 Å². The Hall–Kier alpha value is -0.300. The molecule has 0 aromatic carbocycles. The van der Waals surface area contributed by atoms with Crippen molar-refractivity contribution < 1.29 is 4.74 Å². The summed E-state index contributed by atoms with van der Waals surface area (Å²) in [7, 11) is 0. The van der Waals surface area contributed by atoms with Gasteiger partial charge in [-0.3, -0.25) is 0 Å². The largest absolute Gasteiger partial charge is 0.377 e. The molecule has 1 heterocycles. The van der Waals surface area contributed by atoms with Crippen LogP contribution in [0.4, 0.5) is 0 Å². The number of hydrogen-bond acceptors (Lipinski definition) is 1. The maximum atomic E-state index is 5.09. The summed E-state index contributed by atoms with van der Waals surface area (Å²) in [5.41, 5.74) is 0. The van der Waals surface area contributed by atoms with Crippen LogP contribution >= 0.6 is 0 Å². The highest BCUT2D eigenvalue weighted by Gasteiger charge is 1.98. The summed E-state index contributed by atoms with van der Waals surface area (Å²) in [6, 6.07) is 0. The topological polar surface area (TPSA) is 9.23 Å². The second-order valence-corrected chi connectivity index (χ2v) is 1.94. The van der Waals surface area contributed by atoms with Gasteiger partial charge in [-0.2, -0.15) is 0 Å². The number of ether oxygens (including phenoxy) is 1. The molecule has 68 valence electrons. The molecule has 1 aliphatic rings. The van der Waals surface area contributed by atoms with Crippen LogP contribution in [0.25, 0.3) is 0 Å². The minimum Gasteiger partial charge on any atom is -0.377 e. The normalized spacial score (nSPS) is 20.6. The lowest BCUT2D eigenvalue weighted by Crippen LogP contribution is -2.07. The monoisotopic (exact) mass is 158 g/mol. The highest BCUT2D eigenvalue weighted by Crippen LogP contribution is 2.02. The fraction of sp³-hybridized carbons (Fsp3) is 0.800. The first kappa shape index (κ1) is 13.3. The Balaban J connectivity index is 0. The molecule has 1 atom stereocenters. The molecule has 0 bridgehead atoms. The summed E-state index contributed by atoms with van der Waals surface area (Å²) in [5.74, 6) is 0.633. The van der Waals surface area contributed by atoms with Crippen LogP contribution in [0.5, 0.6) is 0 Å². The quantitative estimate of drug-likeness (QED) is 0.492. The van der Waals surface area contributed by atoms with Gasteiger partial charge in [-0.25, -0.2) is 0 Å². The average Bonchev–Trinajstić information content (AvgIpc) is 2.13. The van der Waals surface area contributed by atoms with E-state index < -0.39 is 0 Å². The Labute approximate surface area is 71.5 Å². The summed E-state index contributed by atoms with van der Waals surface area (Å²) >= 11 is 0. The van der Waals surface area contributed by atoms with Crippen molar-refractivity contribution in [1.82, 2.24) is 0 Å². The van der Waals surface area contributed by atoms with Gasteiger partial charge in [0.2, 0.25) is 0 Å². The van der Waals surface area contributed by atoms with E-state index in [0.29, 0.717) is 5.92 Å². The van der Waals surface area contributed by atoms with Gasteiger partial charge in [0.05, 0.1) is 13.2 Å². The van der Waals surface area contributed by atoms with Crippen molar-refractivity contribution in [2.24, 2.45) is 5.92 Å². The Morgan fingerprint density at radius 2 is 1.73 bits per heavy atom. The van der Waals surface area contributed by atoms with Gasteiger partial charge in [-0.05, 0) is 5.92 Å². The van der Waals surface area contributed by atoms with Crippen molar-refractivity contribution in [1.29, 1.82) is 0 Å². The van der Waals surface area contributed by atoms with Gasteiger partial charge in [0.15, 0.2) is 0 Å². The molecule has 0 radical (unpaired) electrons. The molecule has 1 aliphatic heterocycles. The summed E-state index contributed by atoms with van der Waals surface area (Å²) in [5, 5.41) is 0. The molecule has 0 aliphatic carbocycles. The number of hydrogen-bond donors (Lipinski definition) is 0. The van der Waals surface area contributed by atoms with Crippen molar-refractivity contribution >= 4 is 0 Å². The van der Waals surface area contributed by atoms with Crippen LogP contribution in [0.3, 0.4) is 0 Å². The molecule has 0 aromatic rings. The lowest BCUT2D eigenvalue weighted by atomic mass is 10.1. The van der Waals surface area contributed by atoms with E-state index in [1.807, 2.05) is 27.7 Å². The predicted octanol–water partition coefficient (Wildman–Crippen LogP) is 3.26. The van der Waals surface area contributed by atoms with E-state index in [9.17, 15) is 0 Å². The Morgan fingerprint density at radius 3 is 1.91 bits per heavy atom. The third-order valence-corrected chi connectivity index (χ3v) is 1.06. The van der Waals surface area contributed by atoms with E-state index in [-0.39, 0.29) is 0 Å². The van der Waals surface area contributed by atoms with Gasteiger partial charge in [-0.15, -0.1) is 0 Å². The molecular formula is C10H22O. The average molecular weight is 158 g/mol. The van der Waals surface area contributed by atoms with Crippen LogP contribution < -0.4 is 0 Å². The van der Waals surface area contributed by atoms with Crippen LogP contribution in [0, 0.1) is 5.92 Å². The fourth-order valence-corrected chi connectivity index (χ4v) is 0.665. The van der Waals surface area contributed by atoms with E-state index in [1.54, 1.807) is 0 Å². The molecule has 1 nitrogen and oxygen atoms in total. The van der Waals surface area contributed by atoms with Crippen molar-refractivity contribution in [3.05, 3.63) is 12.2 Å². The Kier molecular flexibility index (Phi) is 15.0. The summed E-state index contributed by atoms with van der Waals surface area (Å²) < 4.78 is 5.09. The molecule has 0 saturated carbocycles. The van der Waals surface area contributed by atoms with E-state index in [0.717, 1.165) is 13.2 Å². The van der Waals surface area contributed by atoms with Gasteiger partial charge in [0.25, 0.3) is 0 Å². The zero-order valence-electron chi connectivity index (χ0n) is 8.55. The summed E-state index contributed by atoms with van der Waals surface area (Å²) in [6.45, 7) is 11.9. The fourth-order valence-electron chi connectivity index (χ4n) is 0.665. The third kappa shape index (κ3) is 9.70. The number of rotatable bonds is 0. The zero-order valence-corrected chi connectivity index (χ0v) is 8.55. The van der Waals surface area contributed by atoms with E-state index in [4.69, 9.17) is 4.74 Å². The van der Waals surface area contributed by atoms with Crippen molar-refractivity contribution in [3.8, 4) is 0 Å². The molecule has 0 amide bonds. The van der Waals surface area contributed by atoms with E-state index in [1.165, 1.54) is 0 Å². The molecule has 0 fully saturated rings. The molecule has 0 saturated heterocycles. The minimum absolute atomic E-state index is 0.633. The molecule has 1 heteroatoms. The zero-order chi connectivity index (χ0) is 9.11. The Bertz CT molecular complexity index is 76.9. The first-order chi connectivity index (χ1) is 5.39. The standard InChI is InChI=1S/C6H10O.2C2H6/c1-6-3-2-4-7-5-6;2*1-2/h2-3,6H,4-5H2,1H3;2*1-2H3. The van der Waals surface area contributed by atoms with Gasteiger partial charge in [-0.1, -0.05) is 46.8 Å². The van der Waals surface area contributed by atoms with Gasteiger partial charge in [0, 0.05) is 0 Å². The molecule has 11 heavy (non-hydrogen) atoms. The van der Waals surface area contributed by atoms with Crippen molar-refractivity contribution in [2.45, 2.75) is 34.6 Å². The highest BCUT2D eigenvalue weighted by atomic mass is 16.5. The third-order valence-electron chi connectivity index (χ3n) is 1.06. The molecule has 0 N–H and O–H groups in total. The second-order valence-electron chi connectivity index (χ2n) is 1.94. The predicted molar refractivity (Wildman–Crippen MR) is 51.8 cm³/mol. The summed E-state index contributed by atoms with van der Waals surface area (Å²) in [4.78, 5) is 0. The van der Waals surface area contributed by atoms with Gasteiger partial charge < -0.3 is 4.74 Å². The van der Waals surface area contributed by atoms with Gasteiger partial charge in [0.1, 0.15) is 0 Å². The molecule has 0 spiro atoms. The Morgan fingerprint density at radius 1 is 1.18 bits per heavy atom. The lowest BCUT2D eigenvalue weighted by Gasteiger charge is -2.10. The maximum absolute atomic E-state index is 5.09. The SMILES string of the molecule is CC.CC.CC1C=CCOC1. The van der Waals surface area contributed by atoms with Crippen LogP contribution in [0.2, 0.25) is 0 Å². The summed E-state index contributed by atoms with van der Waals surface area (Å²) in [6.07, 6.45) is 4.25. The second kappa shape index (κ2) is 12.4. The van der Waals surface area contributed by atoms with E-state index in [2.05, 4.69) is 19.1 Å². The minimum atomic E-state index is 0.633. The maximum Gasteiger partial charge on any atom is 0.0647 e. The van der Waals surface area contributed by atoms with Crippen LogP contribution in [0.1, 0.15) is 34.6 Å². The first-order valence-corrected chi connectivity index (χ1v) is 4.64. The lowest BCUT2D eigenvalue weighted by molar-refractivity contribution is 0.131. The highest BCUT2D eigenvalue weighted by molar-refractivity contribution is 4.89. The first-order valence-electron chi connectivity index (χ1n) is 4.64. The van der Waals surface area contributed by atoms with Crippen molar-refractivity contribution in [3.63, 3.8) is 0 Å². The van der Waals surface area contributed by atoms with Crippen molar-refractivity contribution in [2.75, 3.05) is 13.2 Å². The van der Waals surface area contributed by atoms with Crippen LogP contribution in [0.15, 0.2) is 12.2 Å². The molecule has 0 aromatic heterocycles. The van der Waals surface area contributed by atoms with Crippen LogP contribution in [-0.4, -0.2) is 13.2 Å². The van der Waals surface area contributed by atoms with Gasteiger partial charge >= 0.3 is 0 Å². The molecular weight excluding hydrogens is 136 g/mol.